The molecule has 1 N–H and O–H groups in total. The fourth-order valence-corrected chi connectivity index (χ4v) is 3.19. The van der Waals surface area contributed by atoms with Gasteiger partial charge >= 0.3 is 0 Å². The normalized spacial score (nSPS) is 18.7. The number of carbonyl (C=O) groups excluding carboxylic acids is 1. The van der Waals surface area contributed by atoms with Crippen molar-refractivity contribution in [1.82, 2.24) is 15.2 Å². The fraction of sp³-hybridized carbons (Fsp3) is 0.412. The molecule has 0 radical (unpaired) electrons. The molecular formula is C17H18ClN3O. The number of nitrogens with zero attached hydrogens (tertiary/aromatic N) is 2. The average molecular weight is 316 g/mol. The number of halogens is 1. The number of hydrogen-bond donors (Lipinski definition) is 1. The Bertz CT molecular complexity index is 736. The van der Waals surface area contributed by atoms with Gasteiger partial charge in [0, 0.05) is 48.2 Å². The largest absolute Gasteiger partial charge is 0.336 e. The summed E-state index contributed by atoms with van der Waals surface area (Å²) >= 11 is 6.13. The van der Waals surface area contributed by atoms with Gasteiger partial charge in [-0.1, -0.05) is 11.6 Å². The molecule has 5 heteroatoms. The standard InChI is InChI=1S/C17H18ClN3O/c18-12-3-4-15-13(9-12)14(10-16(20-15)11-1-2-11)17(22)21-7-5-19-6-8-21/h3-4,9-11,19H,1-2,5-8H2. The summed E-state index contributed by atoms with van der Waals surface area (Å²) in [6.07, 6.45) is 2.35. The van der Waals surface area contributed by atoms with Crippen LogP contribution in [0, 0.1) is 0 Å². The van der Waals surface area contributed by atoms with Crippen molar-refractivity contribution in [2.45, 2.75) is 18.8 Å². The quantitative estimate of drug-likeness (QED) is 0.927. The van der Waals surface area contributed by atoms with Crippen molar-refractivity contribution in [3.05, 3.63) is 40.5 Å². The monoisotopic (exact) mass is 315 g/mol. The topological polar surface area (TPSA) is 45.2 Å². The second-order valence-electron chi connectivity index (χ2n) is 6.07. The van der Waals surface area contributed by atoms with Gasteiger partial charge in [-0.05, 0) is 37.1 Å². The number of benzene rings is 1. The number of fused-ring (bicyclic) bond motifs is 1. The first kappa shape index (κ1) is 14.0. The lowest BCUT2D eigenvalue weighted by molar-refractivity contribution is 0.0737. The molecule has 1 aromatic heterocycles. The summed E-state index contributed by atoms with van der Waals surface area (Å²) in [6, 6.07) is 7.60. The van der Waals surface area contributed by atoms with Crippen LogP contribution in [0.4, 0.5) is 0 Å². The Balaban J connectivity index is 1.82. The van der Waals surface area contributed by atoms with E-state index in [2.05, 4.69) is 5.32 Å². The van der Waals surface area contributed by atoms with Crippen molar-refractivity contribution in [3.8, 4) is 0 Å². The number of amides is 1. The average Bonchev–Trinajstić information content (AvgIpc) is 3.39. The molecule has 1 aliphatic carbocycles. The Hall–Kier alpha value is -1.65. The van der Waals surface area contributed by atoms with E-state index >= 15 is 0 Å². The third-order valence-electron chi connectivity index (χ3n) is 4.42. The number of pyridine rings is 1. The highest BCUT2D eigenvalue weighted by atomic mass is 35.5. The van der Waals surface area contributed by atoms with Gasteiger partial charge in [0.15, 0.2) is 0 Å². The Labute approximate surface area is 134 Å². The number of nitrogens with one attached hydrogen (secondary N) is 1. The first-order valence-electron chi connectivity index (χ1n) is 7.82. The second kappa shape index (κ2) is 5.52. The van der Waals surface area contributed by atoms with Crippen LogP contribution in [0.25, 0.3) is 10.9 Å². The summed E-state index contributed by atoms with van der Waals surface area (Å²) in [5.41, 5.74) is 2.66. The fourth-order valence-electron chi connectivity index (χ4n) is 3.02. The maximum Gasteiger partial charge on any atom is 0.254 e. The van der Waals surface area contributed by atoms with Crippen molar-refractivity contribution in [3.63, 3.8) is 0 Å². The van der Waals surface area contributed by atoms with Crippen LogP contribution in [0.15, 0.2) is 24.3 Å². The lowest BCUT2D eigenvalue weighted by Gasteiger charge is -2.28. The van der Waals surface area contributed by atoms with E-state index in [0.717, 1.165) is 48.3 Å². The zero-order valence-electron chi connectivity index (χ0n) is 12.3. The van der Waals surface area contributed by atoms with Gasteiger partial charge in [-0.2, -0.15) is 0 Å². The maximum atomic E-state index is 12.9. The van der Waals surface area contributed by atoms with Crippen molar-refractivity contribution >= 4 is 28.4 Å². The Kier molecular flexibility index (Phi) is 3.51. The number of rotatable bonds is 2. The van der Waals surface area contributed by atoms with Gasteiger partial charge in [-0.15, -0.1) is 0 Å². The molecule has 1 saturated heterocycles. The Morgan fingerprint density at radius 3 is 2.73 bits per heavy atom. The number of hydrogen-bond acceptors (Lipinski definition) is 3. The highest BCUT2D eigenvalue weighted by Gasteiger charge is 2.28. The zero-order chi connectivity index (χ0) is 15.1. The summed E-state index contributed by atoms with van der Waals surface area (Å²) < 4.78 is 0. The van der Waals surface area contributed by atoms with Crippen LogP contribution in [-0.2, 0) is 0 Å². The summed E-state index contributed by atoms with van der Waals surface area (Å²) in [6.45, 7) is 3.21. The molecule has 2 heterocycles. The van der Waals surface area contributed by atoms with E-state index in [1.54, 1.807) is 0 Å². The van der Waals surface area contributed by atoms with Gasteiger partial charge in [-0.25, -0.2) is 0 Å². The molecular weight excluding hydrogens is 298 g/mol. The highest BCUT2D eigenvalue weighted by molar-refractivity contribution is 6.31. The predicted molar refractivity (Wildman–Crippen MR) is 87.5 cm³/mol. The molecule has 0 atom stereocenters. The SMILES string of the molecule is O=C(c1cc(C2CC2)nc2ccc(Cl)cc12)N1CCNCC1. The molecule has 114 valence electrons. The molecule has 4 rings (SSSR count). The van der Waals surface area contributed by atoms with E-state index in [0.29, 0.717) is 10.9 Å². The van der Waals surface area contributed by atoms with E-state index in [9.17, 15) is 4.79 Å². The molecule has 2 aromatic rings. The van der Waals surface area contributed by atoms with Crippen molar-refractivity contribution in [2.24, 2.45) is 0 Å². The molecule has 0 bridgehead atoms. The van der Waals surface area contributed by atoms with Crippen molar-refractivity contribution in [2.75, 3.05) is 26.2 Å². The molecule has 2 aliphatic rings. The number of piperazine rings is 1. The third-order valence-corrected chi connectivity index (χ3v) is 4.66. The van der Waals surface area contributed by atoms with Gasteiger partial charge < -0.3 is 10.2 Å². The molecule has 22 heavy (non-hydrogen) atoms. The van der Waals surface area contributed by atoms with Crippen LogP contribution >= 0.6 is 11.6 Å². The van der Waals surface area contributed by atoms with E-state index in [1.165, 1.54) is 12.8 Å². The molecule has 0 unspecified atom stereocenters. The minimum atomic E-state index is 0.0954. The van der Waals surface area contributed by atoms with Crippen LogP contribution in [0.2, 0.25) is 5.02 Å². The third kappa shape index (κ3) is 2.57. The first-order valence-corrected chi connectivity index (χ1v) is 8.20. The predicted octanol–water partition coefficient (Wildman–Crippen LogP) is 2.81. The highest BCUT2D eigenvalue weighted by Crippen LogP contribution is 2.40. The Morgan fingerprint density at radius 2 is 2.00 bits per heavy atom. The molecule has 1 amide bonds. The van der Waals surface area contributed by atoms with E-state index in [-0.39, 0.29) is 5.91 Å². The van der Waals surface area contributed by atoms with Crippen LogP contribution in [0.5, 0.6) is 0 Å². The minimum Gasteiger partial charge on any atom is -0.336 e. The van der Waals surface area contributed by atoms with Gasteiger partial charge in [0.25, 0.3) is 5.91 Å². The number of aromatic nitrogens is 1. The smallest absolute Gasteiger partial charge is 0.254 e. The molecule has 4 nitrogen and oxygen atoms in total. The van der Waals surface area contributed by atoms with Gasteiger partial charge in [0.1, 0.15) is 0 Å². The van der Waals surface area contributed by atoms with Crippen LogP contribution in [0.3, 0.4) is 0 Å². The van der Waals surface area contributed by atoms with Gasteiger partial charge in [0.05, 0.1) is 11.1 Å². The van der Waals surface area contributed by atoms with Crippen molar-refractivity contribution in [1.29, 1.82) is 0 Å². The van der Waals surface area contributed by atoms with E-state index in [1.807, 2.05) is 29.2 Å². The Morgan fingerprint density at radius 1 is 1.23 bits per heavy atom. The lowest BCUT2D eigenvalue weighted by atomic mass is 10.0. The van der Waals surface area contributed by atoms with Gasteiger partial charge in [-0.3, -0.25) is 9.78 Å². The molecule has 1 aromatic carbocycles. The summed E-state index contributed by atoms with van der Waals surface area (Å²) in [7, 11) is 0. The van der Waals surface area contributed by atoms with Crippen LogP contribution in [-0.4, -0.2) is 42.0 Å². The van der Waals surface area contributed by atoms with Crippen LogP contribution in [0.1, 0.15) is 34.8 Å². The lowest BCUT2D eigenvalue weighted by Crippen LogP contribution is -2.46. The molecule has 1 aliphatic heterocycles. The molecule has 1 saturated carbocycles. The maximum absolute atomic E-state index is 12.9. The van der Waals surface area contributed by atoms with E-state index < -0.39 is 0 Å². The summed E-state index contributed by atoms with van der Waals surface area (Å²) in [5.74, 6) is 0.618. The second-order valence-corrected chi connectivity index (χ2v) is 6.51. The molecule has 0 spiro atoms. The minimum absolute atomic E-state index is 0.0954. The van der Waals surface area contributed by atoms with E-state index in [4.69, 9.17) is 16.6 Å². The molecule has 2 fully saturated rings. The van der Waals surface area contributed by atoms with Gasteiger partial charge in [0.2, 0.25) is 0 Å². The summed E-state index contributed by atoms with van der Waals surface area (Å²) in [5, 5.41) is 4.78. The van der Waals surface area contributed by atoms with Crippen LogP contribution < -0.4 is 5.32 Å². The zero-order valence-corrected chi connectivity index (χ0v) is 13.1. The first-order chi connectivity index (χ1) is 10.7. The van der Waals surface area contributed by atoms with Crippen molar-refractivity contribution < 1.29 is 4.79 Å². The number of carbonyl (C=O) groups is 1. The summed E-state index contributed by atoms with van der Waals surface area (Å²) in [4.78, 5) is 19.6.